The first-order valence-corrected chi connectivity index (χ1v) is 25.4. The van der Waals surface area contributed by atoms with Crippen LogP contribution in [0.1, 0.15) is 173 Å². The average molecular weight is 907 g/mol. The standard InChI is InChI=1S/C50H74N4O9S/c1-6-8-10-12-14-16-18-20-22-24-34-62-39-28-26-38(27-29-39)46-45(52-50(59)53(46)5)48(57)47(54-43(55)32-33-44(54)56)49(58)51-41-31-30-40(36-42(41)63-37(3)4)64(60,61)35-25-23-21-19-17-15-13-11-9-7-2/h26-33,36-37,47,55-56H,6-25,34-35H2,1-5H3,(H,51,58)(H,52,59). The van der Waals surface area contributed by atoms with E-state index in [1.807, 2.05) is 0 Å². The van der Waals surface area contributed by atoms with Crippen molar-refractivity contribution in [2.24, 2.45) is 7.05 Å². The minimum absolute atomic E-state index is 0.0344. The van der Waals surface area contributed by atoms with Gasteiger partial charge in [0.1, 0.15) is 17.2 Å². The molecule has 1 unspecified atom stereocenters. The van der Waals surface area contributed by atoms with Crippen molar-refractivity contribution in [3.8, 4) is 34.5 Å². The van der Waals surface area contributed by atoms with Crippen LogP contribution in [0.2, 0.25) is 0 Å². The number of aromatic amines is 1. The van der Waals surface area contributed by atoms with Crippen LogP contribution in [0.4, 0.5) is 5.69 Å². The first-order valence-electron chi connectivity index (χ1n) is 23.8. The number of imidazole rings is 1. The van der Waals surface area contributed by atoms with E-state index < -0.39 is 51.1 Å². The lowest BCUT2D eigenvalue weighted by atomic mass is 10.0. The Bertz CT molecular complexity index is 2190. The molecule has 13 nitrogen and oxygen atoms in total. The third kappa shape index (κ3) is 15.6. The van der Waals surface area contributed by atoms with Gasteiger partial charge in [-0.1, -0.05) is 129 Å². The zero-order chi connectivity index (χ0) is 46.5. The van der Waals surface area contributed by atoms with Gasteiger partial charge >= 0.3 is 5.69 Å². The average Bonchev–Trinajstić information content (AvgIpc) is 3.76. The molecule has 1 atom stereocenters. The predicted octanol–water partition coefficient (Wildman–Crippen LogP) is 11.4. The van der Waals surface area contributed by atoms with Gasteiger partial charge in [-0.2, -0.15) is 0 Å². The lowest BCUT2D eigenvalue weighted by Gasteiger charge is -2.21. The maximum atomic E-state index is 14.6. The number of rotatable bonds is 32. The van der Waals surface area contributed by atoms with Gasteiger partial charge in [0.25, 0.3) is 5.91 Å². The molecule has 0 aliphatic carbocycles. The lowest BCUT2D eigenvalue weighted by Crippen LogP contribution is -2.33. The summed E-state index contributed by atoms with van der Waals surface area (Å²) in [6.45, 7) is 8.50. The number of carbonyl (C=O) groups excluding carboxylic acids is 2. The number of carbonyl (C=O) groups is 2. The Kier molecular flexibility index (Phi) is 21.6. The van der Waals surface area contributed by atoms with Crippen molar-refractivity contribution >= 4 is 27.2 Å². The van der Waals surface area contributed by atoms with Crippen molar-refractivity contribution in [2.75, 3.05) is 17.7 Å². The van der Waals surface area contributed by atoms with E-state index in [9.17, 15) is 33.0 Å². The van der Waals surface area contributed by atoms with Crippen molar-refractivity contribution < 1.29 is 37.7 Å². The molecular formula is C50H74N4O9S. The number of nitrogens with zero attached hydrogens (tertiary/aromatic N) is 2. The summed E-state index contributed by atoms with van der Waals surface area (Å²) >= 11 is 0. The van der Waals surface area contributed by atoms with Crippen LogP contribution in [-0.4, -0.2) is 62.9 Å². The van der Waals surface area contributed by atoms with Crippen LogP contribution in [0.5, 0.6) is 23.3 Å². The third-order valence-electron chi connectivity index (χ3n) is 11.6. The quantitative estimate of drug-likeness (QED) is 0.0210. The highest BCUT2D eigenvalue weighted by Gasteiger charge is 2.37. The van der Waals surface area contributed by atoms with Gasteiger partial charge in [0.2, 0.25) is 5.78 Å². The minimum Gasteiger partial charge on any atom is -0.494 e. The number of nitrogens with one attached hydrogen (secondary N) is 2. The van der Waals surface area contributed by atoms with Gasteiger partial charge in [-0.25, -0.2) is 13.2 Å². The van der Waals surface area contributed by atoms with Crippen molar-refractivity contribution in [1.82, 2.24) is 14.1 Å². The second-order valence-electron chi connectivity index (χ2n) is 17.3. The van der Waals surface area contributed by atoms with Crippen molar-refractivity contribution in [2.45, 2.75) is 173 Å². The van der Waals surface area contributed by atoms with Crippen LogP contribution in [0.3, 0.4) is 0 Å². The Balaban J connectivity index is 1.48. The summed E-state index contributed by atoms with van der Waals surface area (Å²) in [6, 6.07) is 11.4. The van der Waals surface area contributed by atoms with Crippen LogP contribution < -0.4 is 20.5 Å². The van der Waals surface area contributed by atoms with Crippen molar-refractivity contribution in [3.05, 3.63) is 70.8 Å². The number of amides is 1. The van der Waals surface area contributed by atoms with Gasteiger partial charge in [-0.05, 0) is 63.1 Å². The molecule has 0 saturated heterocycles. The van der Waals surface area contributed by atoms with E-state index in [1.54, 1.807) is 38.1 Å². The number of sulfone groups is 1. The molecule has 1 amide bonds. The lowest BCUT2D eigenvalue weighted by molar-refractivity contribution is -0.118. The molecule has 2 aromatic heterocycles. The van der Waals surface area contributed by atoms with E-state index in [2.05, 4.69) is 24.1 Å². The molecule has 14 heteroatoms. The predicted molar refractivity (Wildman–Crippen MR) is 255 cm³/mol. The Morgan fingerprint density at radius 3 is 1.77 bits per heavy atom. The topological polar surface area (TPSA) is 182 Å². The Labute approximate surface area is 380 Å². The molecule has 4 aromatic rings. The van der Waals surface area contributed by atoms with Crippen LogP contribution in [0.25, 0.3) is 11.3 Å². The summed E-state index contributed by atoms with van der Waals surface area (Å²) in [5.41, 5.74) is -0.122. The molecule has 4 rings (SSSR count). The van der Waals surface area contributed by atoms with E-state index in [0.29, 0.717) is 24.3 Å². The van der Waals surface area contributed by atoms with E-state index in [-0.39, 0.29) is 33.5 Å². The molecular weight excluding hydrogens is 833 g/mol. The highest BCUT2D eigenvalue weighted by atomic mass is 32.2. The van der Waals surface area contributed by atoms with Gasteiger partial charge < -0.3 is 30.0 Å². The zero-order valence-electron chi connectivity index (χ0n) is 39.0. The van der Waals surface area contributed by atoms with Crippen molar-refractivity contribution in [1.29, 1.82) is 0 Å². The Morgan fingerprint density at radius 2 is 1.23 bits per heavy atom. The SMILES string of the molecule is CCCCCCCCCCCCOc1ccc(-c2c(C(=O)C(C(=O)Nc3ccc(S(=O)(=O)CCCCCCCCCCCC)cc3OC(C)C)n3c(O)ccc3O)[nH]c(=O)n2C)cc1. The van der Waals surface area contributed by atoms with Gasteiger partial charge in [0.05, 0.1) is 34.7 Å². The first-order chi connectivity index (χ1) is 30.8. The fourth-order valence-electron chi connectivity index (χ4n) is 7.96. The van der Waals surface area contributed by atoms with Gasteiger partial charge in [0.15, 0.2) is 27.6 Å². The summed E-state index contributed by atoms with van der Waals surface area (Å²) in [5.74, 6) is -2.44. The summed E-state index contributed by atoms with van der Waals surface area (Å²) in [6.07, 6.45) is 22.5. The number of ketones is 1. The van der Waals surface area contributed by atoms with Crippen LogP contribution in [0, 0.1) is 0 Å². The fraction of sp³-hybridized carbons (Fsp3) is 0.580. The first kappa shape index (κ1) is 51.7. The summed E-state index contributed by atoms with van der Waals surface area (Å²) < 4.78 is 40.9. The number of unbranched alkanes of at least 4 members (excludes halogenated alkanes) is 18. The Hall–Kier alpha value is -4.98. The third-order valence-corrected chi connectivity index (χ3v) is 13.4. The number of hydrogen-bond donors (Lipinski definition) is 4. The largest absolute Gasteiger partial charge is 0.494 e. The van der Waals surface area contributed by atoms with E-state index >= 15 is 0 Å². The summed E-state index contributed by atoms with van der Waals surface area (Å²) in [4.78, 5) is 44.7. The molecule has 2 heterocycles. The molecule has 0 saturated carbocycles. The molecule has 4 N–H and O–H groups in total. The number of benzene rings is 2. The fourth-order valence-corrected chi connectivity index (χ4v) is 9.34. The normalized spacial score (nSPS) is 12.2. The van der Waals surface area contributed by atoms with Crippen LogP contribution in [0.15, 0.2) is 64.3 Å². The second kappa shape index (κ2) is 26.7. The van der Waals surface area contributed by atoms with E-state index in [1.165, 1.54) is 113 Å². The monoisotopic (exact) mass is 907 g/mol. The second-order valence-corrected chi connectivity index (χ2v) is 19.4. The maximum Gasteiger partial charge on any atom is 0.326 e. The molecule has 0 spiro atoms. The number of anilines is 1. The summed E-state index contributed by atoms with van der Waals surface area (Å²) in [7, 11) is -2.21. The minimum atomic E-state index is -3.69. The molecule has 2 aromatic carbocycles. The summed E-state index contributed by atoms with van der Waals surface area (Å²) in [5, 5.41) is 24.3. The van der Waals surface area contributed by atoms with Gasteiger partial charge in [-0.15, -0.1) is 0 Å². The van der Waals surface area contributed by atoms with E-state index in [4.69, 9.17) is 9.47 Å². The maximum absolute atomic E-state index is 14.6. The van der Waals surface area contributed by atoms with Crippen LogP contribution in [-0.2, 0) is 21.7 Å². The number of H-pyrrole nitrogens is 1. The molecule has 354 valence electrons. The highest BCUT2D eigenvalue weighted by Crippen LogP contribution is 2.35. The molecule has 64 heavy (non-hydrogen) atoms. The van der Waals surface area contributed by atoms with E-state index in [0.717, 1.165) is 55.2 Å². The highest BCUT2D eigenvalue weighted by molar-refractivity contribution is 7.91. The number of aromatic nitrogens is 3. The molecule has 0 aliphatic rings. The zero-order valence-corrected chi connectivity index (χ0v) is 39.8. The number of hydrogen-bond acceptors (Lipinski definition) is 9. The van der Waals surface area contributed by atoms with Crippen molar-refractivity contribution in [3.63, 3.8) is 0 Å². The van der Waals surface area contributed by atoms with Gasteiger partial charge in [-0.3, -0.25) is 18.7 Å². The molecule has 0 aliphatic heterocycles. The Morgan fingerprint density at radius 1 is 0.719 bits per heavy atom. The molecule has 0 radical (unpaired) electrons. The van der Waals surface area contributed by atoms with Crippen LogP contribution >= 0.6 is 0 Å². The number of aromatic hydroxyl groups is 2. The smallest absolute Gasteiger partial charge is 0.326 e. The number of ether oxygens (including phenoxy) is 2. The molecule has 0 fully saturated rings. The van der Waals surface area contributed by atoms with Gasteiger partial charge in [0, 0.05) is 30.8 Å². The molecule has 0 bridgehead atoms. The number of Topliss-reactive ketones (excluding diaryl/α,β-unsaturated/α-hetero) is 1.